The molecular formula is C20H36Fe2N6O4S. The normalized spacial score (nSPS) is 8.91. The molecule has 0 aliphatic heterocycles. The number of anilines is 4. The summed E-state index contributed by atoms with van der Waals surface area (Å²) in [6.45, 7) is 8.85. The minimum absolute atomic E-state index is 0. The van der Waals surface area contributed by atoms with Crippen LogP contribution in [0.3, 0.4) is 0 Å². The Labute approximate surface area is 212 Å². The Morgan fingerprint density at radius 2 is 0.697 bits per heavy atom. The monoisotopic (exact) mass is 568 g/mol. The number of nitrogen functional groups attached to an aromatic ring is 4. The summed E-state index contributed by atoms with van der Waals surface area (Å²) in [5.41, 5.74) is 24.5. The standard InChI is InChI=1S/2C6H8N2.4C2H5.2Fe.2N.H2O4S/c2*7-5-1-2-6(8)4-3-5;4*1-2;;;;;1-5(2,3)4/h2*1-4H,7-8H2;4*1H2,2H3;;;;;(H2,1,2,3,4)/q;;;;;;;;2*+1;/p-2. The second kappa shape index (κ2) is 28.5. The number of rotatable bonds is 4. The average molecular weight is 568 g/mol. The van der Waals surface area contributed by atoms with Gasteiger partial charge in [-0.25, -0.2) is 0 Å². The summed E-state index contributed by atoms with van der Waals surface area (Å²) in [7, 11) is -5.17. The molecule has 0 spiro atoms. The van der Waals surface area contributed by atoms with Gasteiger partial charge in [0.1, 0.15) is 0 Å². The molecule has 0 bridgehead atoms. The molecule has 0 fully saturated rings. The van der Waals surface area contributed by atoms with Gasteiger partial charge < -0.3 is 32.0 Å². The molecule has 33 heavy (non-hydrogen) atoms. The van der Waals surface area contributed by atoms with Gasteiger partial charge in [-0.05, 0) is 48.5 Å². The van der Waals surface area contributed by atoms with Crippen LogP contribution >= 0.6 is 0 Å². The topological polar surface area (TPSA) is 245 Å². The zero-order chi connectivity index (χ0) is 24.7. The molecule has 8 N–H and O–H groups in total. The van der Waals surface area contributed by atoms with Crippen molar-refractivity contribution in [1.82, 2.24) is 12.3 Å². The zero-order valence-electron chi connectivity index (χ0n) is 19.4. The predicted molar refractivity (Wildman–Crippen MR) is 127 cm³/mol. The van der Waals surface area contributed by atoms with Gasteiger partial charge in [-0.1, -0.05) is 0 Å². The van der Waals surface area contributed by atoms with Crippen LogP contribution in [0.2, 0.25) is 21.3 Å². The summed E-state index contributed by atoms with van der Waals surface area (Å²) < 4.78 is 34.1. The van der Waals surface area contributed by atoms with Crippen molar-refractivity contribution in [3.8, 4) is 0 Å². The van der Waals surface area contributed by atoms with Crippen LogP contribution in [-0.4, -0.2) is 17.5 Å². The van der Waals surface area contributed by atoms with Crippen LogP contribution in [0.1, 0.15) is 27.7 Å². The van der Waals surface area contributed by atoms with Crippen molar-refractivity contribution in [3.05, 3.63) is 48.5 Å². The van der Waals surface area contributed by atoms with E-state index < -0.39 is 10.4 Å². The third-order valence-electron chi connectivity index (χ3n) is 2.58. The summed E-state index contributed by atoms with van der Waals surface area (Å²) in [6, 6.07) is 14.2. The second-order valence-corrected chi connectivity index (χ2v) is 10.1. The van der Waals surface area contributed by atoms with E-state index in [9.17, 15) is 0 Å². The molecule has 13 heteroatoms. The van der Waals surface area contributed by atoms with Crippen molar-refractivity contribution in [3.63, 3.8) is 0 Å². The average Bonchev–Trinajstić information content (AvgIpc) is 2.68. The van der Waals surface area contributed by atoms with E-state index >= 15 is 0 Å². The molecule has 2 aromatic carbocycles. The first kappa shape index (κ1) is 41.7. The van der Waals surface area contributed by atoms with Gasteiger partial charge in [-0.15, -0.1) is 0 Å². The minimum Gasteiger partial charge on any atom is -0.759 e. The summed E-state index contributed by atoms with van der Waals surface area (Å²) >= 11 is 2.78. The summed E-state index contributed by atoms with van der Waals surface area (Å²) in [6.07, 6.45) is 0. The molecule has 10 nitrogen and oxygen atoms in total. The number of nitrogens with two attached hydrogens (primary N) is 4. The van der Waals surface area contributed by atoms with Crippen molar-refractivity contribution < 1.29 is 47.4 Å². The number of nitrogens with zero attached hydrogens (tertiary/aromatic N) is 2. The van der Waals surface area contributed by atoms with E-state index in [1.165, 1.54) is 51.2 Å². The Morgan fingerprint density at radius 3 is 0.758 bits per heavy atom. The van der Waals surface area contributed by atoms with E-state index in [1.54, 1.807) is 48.5 Å². The molecule has 8 radical (unpaired) electrons. The number of benzene rings is 2. The molecule has 0 atom stereocenters. The van der Waals surface area contributed by atoms with Gasteiger partial charge in [-0.2, -0.15) is 0 Å². The van der Waals surface area contributed by atoms with Gasteiger partial charge in [0.25, 0.3) is 0 Å². The molecule has 0 unspecified atom stereocenters. The minimum atomic E-state index is -5.17. The molecule has 2 rings (SSSR count). The third kappa shape index (κ3) is 48.9. The van der Waals surface area contributed by atoms with E-state index in [0.29, 0.717) is 0 Å². The SMILES string of the molecule is C[CH2][Fe][CH2]C.C[CH2][Fe][CH2]C.Nc1ccc(N)cc1.Nc1ccc(N)cc1.O=S(=O)([O-])[O-].[N+].[N+]. The molecule has 0 aliphatic carbocycles. The quantitative estimate of drug-likeness (QED) is 0.184. The smallest absolute Gasteiger partial charge is 0.759 e. The van der Waals surface area contributed by atoms with Gasteiger partial charge in [0, 0.05) is 33.1 Å². The molecule has 0 amide bonds. The van der Waals surface area contributed by atoms with Crippen molar-refractivity contribution in [2.75, 3.05) is 22.9 Å². The van der Waals surface area contributed by atoms with Crippen molar-refractivity contribution in [2.45, 2.75) is 49.0 Å². The maximum absolute atomic E-state index is 8.52. The maximum Gasteiger partial charge on any atom is 1.00 e. The van der Waals surface area contributed by atoms with E-state index in [-0.39, 0.29) is 12.3 Å². The van der Waals surface area contributed by atoms with Gasteiger partial charge in [0.05, 0.1) is 0 Å². The van der Waals surface area contributed by atoms with Crippen LogP contribution in [0, 0.1) is 0 Å². The maximum atomic E-state index is 8.52. The second-order valence-electron chi connectivity index (χ2n) is 5.10. The first-order valence-electron chi connectivity index (χ1n) is 9.29. The van der Waals surface area contributed by atoms with Crippen LogP contribution in [0.5, 0.6) is 0 Å². The van der Waals surface area contributed by atoms with Crippen LogP contribution < -0.4 is 35.2 Å². The molecule has 0 heterocycles. The first-order valence-corrected chi connectivity index (χ1v) is 13.7. The summed E-state index contributed by atoms with van der Waals surface area (Å²) in [5, 5.41) is 5.38. The molecule has 0 saturated carbocycles. The molecule has 0 aliphatic rings. The fourth-order valence-electron chi connectivity index (χ4n) is 1.35. The molecule has 0 aromatic heterocycles. The van der Waals surface area contributed by atoms with E-state index in [1.807, 2.05) is 0 Å². The molecular weight excluding hydrogens is 532 g/mol. The summed E-state index contributed by atoms with van der Waals surface area (Å²) in [5.74, 6) is 0. The number of hydrogen-bond acceptors (Lipinski definition) is 8. The van der Waals surface area contributed by atoms with Gasteiger partial charge in [-0.3, -0.25) is 8.42 Å². The van der Waals surface area contributed by atoms with E-state index in [2.05, 4.69) is 27.7 Å². The van der Waals surface area contributed by atoms with Crippen molar-refractivity contribution >= 4 is 33.1 Å². The number of hydrogen-bond donors (Lipinski definition) is 4. The Balaban J connectivity index is -0.0000000997. The third-order valence-corrected chi connectivity index (χ3v) is 4.79. The summed E-state index contributed by atoms with van der Waals surface area (Å²) in [4.78, 5) is 0. The Hall–Kier alpha value is -1.53. The van der Waals surface area contributed by atoms with Crippen molar-refractivity contribution in [1.29, 1.82) is 0 Å². The zero-order valence-corrected chi connectivity index (χ0v) is 22.4. The van der Waals surface area contributed by atoms with Gasteiger partial charge >= 0.3 is 91.2 Å². The Bertz CT molecular complexity index is 634. The fraction of sp³-hybridized carbons (Fsp3) is 0.400. The van der Waals surface area contributed by atoms with Gasteiger partial charge in [0.2, 0.25) is 0 Å². The first-order chi connectivity index (χ1) is 14.4. The molecule has 192 valence electrons. The Kier molecular flexibility index (Phi) is 36.0. The van der Waals surface area contributed by atoms with Crippen LogP contribution in [-0.2, 0) is 40.3 Å². The fourth-order valence-corrected chi connectivity index (χ4v) is 2.45. The van der Waals surface area contributed by atoms with Gasteiger partial charge in [0.15, 0.2) is 0 Å². The molecule has 0 saturated heterocycles. The van der Waals surface area contributed by atoms with Crippen LogP contribution in [0.25, 0.3) is 0 Å². The predicted octanol–water partition coefficient (Wildman–Crippen LogP) is 3.29. The molecule has 2 aromatic rings. The van der Waals surface area contributed by atoms with Crippen molar-refractivity contribution in [2.24, 2.45) is 0 Å². The van der Waals surface area contributed by atoms with E-state index in [0.717, 1.165) is 22.7 Å². The Morgan fingerprint density at radius 1 is 0.576 bits per heavy atom. The van der Waals surface area contributed by atoms with Crippen LogP contribution in [0.4, 0.5) is 22.7 Å². The van der Waals surface area contributed by atoms with E-state index in [4.69, 9.17) is 40.5 Å². The van der Waals surface area contributed by atoms with Crippen LogP contribution in [0.15, 0.2) is 48.5 Å². The largest absolute Gasteiger partial charge is 1.00 e.